The predicted octanol–water partition coefficient (Wildman–Crippen LogP) is 3.62. The van der Waals surface area contributed by atoms with Crippen molar-refractivity contribution in [2.24, 2.45) is 0 Å². The van der Waals surface area contributed by atoms with E-state index in [9.17, 15) is 23.1 Å². The fourth-order valence-corrected chi connectivity index (χ4v) is 6.39. The van der Waals surface area contributed by atoms with Gasteiger partial charge in [-0.05, 0) is 66.9 Å². The van der Waals surface area contributed by atoms with Crippen LogP contribution in [-0.2, 0) is 26.2 Å². The molecule has 2 amide bonds. The van der Waals surface area contributed by atoms with Gasteiger partial charge in [0.15, 0.2) is 11.5 Å². The zero-order chi connectivity index (χ0) is 31.4. The van der Waals surface area contributed by atoms with E-state index in [4.69, 9.17) is 4.74 Å². The molecule has 1 heterocycles. The van der Waals surface area contributed by atoms with Crippen LogP contribution < -0.4 is 15.0 Å². The largest absolute Gasteiger partial charge is 0.504 e. The number of phenols is 1. The molecular weight excluding hydrogens is 584 g/mol. The van der Waals surface area contributed by atoms with Gasteiger partial charge >= 0.3 is 0 Å². The van der Waals surface area contributed by atoms with Gasteiger partial charge in [-0.3, -0.25) is 14.5 Å². The molecule has 0 unspecified atom stereocenters. The first-order chi connectivity index (χ1) is 21.1. The van der Waals surface area contributed by atoms with Crippen molar-refractivity contribution in [2.75, 3.05) is 26.1 Å². The third-order valence-electron chi connectivity index (χ3n) is 7.84. The number of methoxy groups -OCH3 is 1. The summed E-state index contributed by atoms with van der Waals surface area (Å²) in [4.78, 5) is 29.8. The number of rotatable bonds is 10. The highest BCUT2D eigenvalue weighted by molar-refractivity contribution is 7.89. The topological polar surface area (TPSA) is 147 Å². The lowest BCUT2D eigenvalue weighted by Crippen LogP contribution is -2.48. The predicted molar refractivity (Wildman–Crippen MR) is 165 cm³/mol. The number of anilines is 1. The van der Waals surface area contributed by atoms with Gasteiger partial charge in [0.1, 0.15) is 18.1 Å². The van der Waals surface area contributed by atoms with Gasteiger partial charge in [-0.2, -0.15) is 0 Å². The smallest absolute Gasteiger partial charge is 0.249 e. The number of ether oxygens (including phenoxy) is 1. The SMILES string of the molecule is COc1ccc([C@@H](C(=O)NC2CCCCC2)N(C(=O)Cn2nnc3ccccc32)c2ccc(S(=O)(=O)N(C)C)cc2)cc1O. The standard InChI is InChI=1S/C31H36N6O6S/c1-35(2)44(41,42)24-16-14-23(15-17-24)37(29(39)20-36-26-12-8-7-11-25(26)33-34-36)30(21-13-18-28(43-3)27(38)19-21)31(40)32-22-9-5-4-6-10-22/h7-8,11-19,22,30,38H,4-6,9-10,20H2,1-3H3,(H,32,40)/t30-/m0/s1. The molecule has 1 aliphatic carbocycles. The van der Waals surface area contributed by atoms with Crippen molar-refractivity contribution >= 4 is 38.6 Å². The number of nitrogens with zero attached hydrogens (tertiary/aromatic N) is 5. The summed E-state index contributed by atoms with van der Waals surface area (Å²) in [6, 6.07) is 16.3. The number of fused-ring (bicyclic) bond motifs is 1. The minimum atomic E-state index is -3.74. The van der Waals surface area contributed by atoms with Crippen molar-refractivity contribution in [1.82, 2.24) is 24.6 Å². The van der Waals surface area contributed by atoms with E-state index in [0.29, 0.717) is 16.6 Å². The Hall–Kier alpha value is -4.49. The zero-order valence-corrected chi connectivity index (χ0v) is 25.7. The Kier molecular flexibility index (Phi) is 9.16. The van der Waals surface area contributed by atoms with E-state index in [2.05, 4.69) is 15.6 Å². The molecule has 0 radical (unpaired) electrons. The maximum absolute atomic E-state index is 14.3. The van der Waals surface area contributed by atoms with Gasteiger partial charge in [0, 0.05) is 25.8 Å². The van der Waals surface area contributed by atoms with Gasteiger partial charge in [0.05, 0.1) is 17.5 Å². The number of phenolic OH excluding ortho intramolecular Hbond substituents is 1. The summed E-state index contributed by atoms with van der Waals surface area (Å²) < 4.78 is 33.4. The van der Waals surface area contributed by atoms with E-state index in [1.165, 1.54) is 67.2 Å². The molecule has 5 rings (SSSR count). The van der Waals surface area contributed by atoms with E-state index in [-0.39, 0.29) is 34.7 Å². The summed E-state index contributed by atoms with van der Waals surface area (Å²) in [6.45, 7) is -0.256. The summed E-state index contributed by atoms with van der Waals surface area (Å²) in [5.41, 5.74) is 1.88. The zero-order valence-electron chi connectivity index (χ0n) is 24.9. The van der Waals surface area contributed by atoms with Crippen LogP contribution in [0.2, 0.25) is 0 Å². The molecule has 1 saturated carbocycles. The number of nitrogens with one attached hydrogen (secondary N) is 1. The molecule has 3 aromatic carbocycles. The Morgan fingerprint density at radius 3 is 2.41 bits per heavy atom. The van der Waals surface area contributed by atoms with Crippen LogP contribution in [0.5, 0.6) is 11.5 Å². The van der Waals surface area contributed by atoms with Crippen molar-refractivity contribution in [3.05, 3.63) is 72.3 Å². The highest BCUT2D eigenvalue weighted by atomic mass is 32.2. The van der Waals surface area contributed by atoms with Gasteiger partial charge in [-0.15, -0.1) is 5.10 Å². The number of hydrogen-bond donors (Lipinski definition) is 2. The molecule has 12 nitrogen and oxygen atoms in total. The molecule has 0 saturated heterocycles. The Morgan fingerprint density at radius 1 is 1.05 bits per heavy atom. The van der Waals surface area contributed by atoms with Crippen molar-refractivity contribution in [3.63, 3.8) is 0 Å². The lowest BCUT2D eigenvalue weighted by molar-refractivity contribution is -0.127. The molecule has 2 N–H and O–H groups in total. The molecule has 1 aliphatic rings. The third kappa shape index (κ3) is 6.38. The van der Waals surface area contributed by atoms with Gasteiger partial charge in [-0.25, -0.2) is 17.4 Å². The molecule has 1 fully saturated rings. The highest BCUT2D eigenvalue weighted by Gasteiger charge is 2.35. The maximum Gasteiger partial charge on any atom is 0.249 e. The molecule has 13 heteroatoms. The fraction of sp³-hybridized carbons (Fsp3) is 0.355. The van der Waals surface area contributed by atoms with Crippen LogP contribution in [-0.4, -0.2) is 71.9 Å². The molecule has 0 aliphatic heterocycles. The maximum atomic E-state index is 14.3. The lowest BCUT2D eigenvalue weighted by atomic mass is 9.94. The summed E-state index contributed by atoms with van der Waals surface area (Å²) in [6.07, 6.45) is 4.72. The molecular formula is C31H36N6O6S. The Labute approximate surface area is 256 Å². The van der Waals surface area contributed by atoms with E-state index in [1.54, 1.807) is 18.2 Å². The third-order valence-corrected chi connectivity index (χ3v) is 9.67. The number of aromatic hydroxyl groups is 1. The number of carbonyl (C=O) groups is 2. The monoisotopic (exact) mass is 620 g/mol. The number of amides is 2. The van der Waals surface area contributed by atoms with E-state index in [0.717, 1.165) is 36.4 Å². The highest BCUT2D eigenvalue weighted by Crippen LogP contribution is 2.35. The summed E-state index contributed by atoms with van der Waals surface area (Å²) in [5, 5.41) is 22.1. The average molecular weight is 621 g/mol. The number of para-hydroxylation sites is 1. The second kappa shape index (κ2) is 13.0. The number of sulfonamides is 1. The first-order valence-electron chi connectivity index (χ1n) is 14.4. The van der Waals surface area contributed by atoms with Crippen LogP contribution in [0.25, 0.3) is 11.0 Å². The van der Waals surface area contributed by atoms with Crippen molar-refractivity contribution in [2.45, 2.75) is 55.6 Å². The molecule has 4 aromatic rings. The number of benzene rings is 3. The summed E-state index contributed by atoms with van der Waals surface area (Å²) in [7, 11) is 0.543. The first-order valence-corrected chi connectivity index (χ1v) is 15.8. The quantitative estimate of drug-likeness (QED) is 0.273. The average Bonchev–Trinajstić information content (AvgIpc) is 3.42. The van der Waals surface area contributed by atoms with Crippen LogP contribution in [0.3, 0.4) is 0 Å². The molecule has 1 atom stereocenters. The Bertz CT molecular complexity index is 1750. The van der Waals surface area contributed by atoms with Crippen molar-refractivity contribution < 1.29 is 27.9 Å². The Morgan fingerprint density at radius 2 is 1.75 bits per heavy atom. The molecule has 0 spiro atoms. The van der Waals surface area contributed by atoms with Crippen LogP contribution in [0.4, 0.5) is 5.69 Å². The molecule has 1 aromatic heterocycles. The molecule has 0 bridgehead atoms. The fourth-order valence-electron chi connectivity index (χ4n) is 5.49. The Balaban J connectivity index is 1.62. The van der Waals surface area contributed by atoms with E-state index in [1.807, 2.05) is 12.1 Å². The van der Waals surface area contributed by atoms with Crippen LogP contribution in [0.15, 0.2) is 71.6 Å². The van der Waals surface area contributed by atoms with E-state index < -0.39 is 27.9 Å². The lowest BCUT2D eigenvalue weighted by Gasteiger charge is -2.33. The van der Waals surface area contributed by atoms with Gasteiger partial charge in [0.2, 0.25) is 21.8 Å². The van der Waals surface area contributed by atoms with Crippen LogP contribution in [0, 0.1) is 0 Å². The van der Waals surface area contributed by atoms with Gasteiger partial charge < -0.3 is 15.2 Å². The van der Waals surface area contributed by atoms with Crippen molar-refractivity contribution in [3.8, 4) is 11.5 Å². The van der Waals surface area contributed by atoms with Gasteiger partial charge in [-0.1, -0.05) is 42.7 Å². The minimum Gasteiger partial charge on any atom is -0.504 e. The molecule has 232 valence electrons. The van der Waals surface area contributed by atoms with Crippen molar-refractivity contribution in [1.29, 1.82) is 0 Å². The summed E-state index contributed by atoms with van der Waals surface area (Å²) in [5.74, 6) is -0.904. The number of carbonyl (C=O) groups excluding carboxylic acids is 2. The summed E-state index contributed by atoms with van der Waals surface area (Å²) >= 11 is 0. The van der Waals surface area contributed by atoms with Gasteiger partial charge in [0.25, 0.3) is 0 Å². The first kappa shape index (κ1) is 31.0. The van der Waals surface area contributed by atoms with E-state index >= 15 is 0 Å². The number of hydrogen-bond acceptors (Lipinski definition) is 8. The minimum absolute atomic E-state index is 0.0335. The molecule has 44 heavy (non-hydrogen) atoms. The van der Waals surface area contributed by atoms with Crippen LogP contribution in [0.1, 0.15) is 43.7 Å². The second-order valence-electron chi connectivity index (χ2n) is 11.0. The number of aromatic nitrogens is 3. The normalized spacial score (nSPS) is 14.8. The second-order valence-corrected chi connectivity index (χ2v) is 13.1. The van der Waals surface area contributed by atoms with Crippen LogP contribution >= 0.6 is 0 Å².